The van der Waals surface area contributed by atoms with Crippen molar-refractivity contribution in [3.05, 3.63) is 34.4 Å². The van der Waals surface area contributed by atoms with Crippen molar-refractivity contribution in [3.8, 4) is 0 Å². The summed E-state index contributed by atoms with van der Waals surface area (Å²) in [6.45, 7) is 1.13. The lowest BCUT2D eigenvalue weighted by molar-refractivity contribution is -0.387. The Balaban J connectivity index is 2.98. The molecule has 1 aromatic carbocycles. The number of nitro benzene ring substituents is 1. The van der Waals surface area contributed by atoms with Gasteiger partial charge in [-0.1, -0.05) is 12.1 Å². The molecular weight excluding hydrogens is 288 g/mol. The summed E-state index contributed by atoms with van der Waals surface area (Å²) in [6, 6.07) is 3.99. The third-order valence-electron chi connectivity index (χ3n) is 2.30. The van der Waals surface area contributed by atoms with Gasteiger partial charge in [0.1, 0.15) is 10.9 Å². The second-order valence-electron chi connectivity index (χ2n) is 3.83. The molecule has 0 aliphatic heterocycles. The van der Waals surface area contributed by atoms with Crippen molar-refractivity contribution >= 4 is 28.4 Å². The van der Waals surface area contributed by atoms with Crippen LogP contribution in [0.25, 0.3) is 0 Å². The Morgan fingerprint density at radius 2 is 2.05 bits per heavy atom. The zero-order chi connectivity index (χ0) is 15.3. The van der Waals surface area contributed by atoms with Gasteiger partial charge in [-0.05, 0) is 6.07 Å². The maximum atomic E-state index is 12.1. The first kappa shape index (κ1) is 15.8. The molecule has 0 aliphatic rings. The monoisotopic (exact) mass is 300 g/mol. The minimum absolute atomic E-state index is 0.0749. The Labute approximate surface area is 116 Å². The number of nitrogens with one attached hydrogen (secondary N) is 1. The maximum Gasteiger partial charge on any atom is 0.327 e. The Morgan fingerprint density at radius 1 is 1.45 bits per heavy atom. The maximum absolute atomic E-state index is 12.1. The van der Waals surface area contributed by atoms with E-state index in [1.807, 2.05) is 0 Å². The highest BCUT2D eigenvalue weighted by atomic mass is 32.2. The van der Waals surface area contributed by atoms with E-state index in [2.05, 4.69) is 5.32 Å². The van der Waals surface area contributed by atoms with Crippen LogP contribution in [0.1, 0.15) is 6.92 Å². The smallest absolute Gasteiger partial charge is 0.327 e. The number of carbonyl (C=O) groups is 2. The van der Waals surface area contributed by atoms with Crippen LogP contribution in [0.2, 0.25) is 0 Å². The second kappa shape index (κ2) is 6.75. The Kier molecular flexibility index (Phi) is 5.32. The van der Waals surface area contributed by atoms with E-state index >= 15 is 0 Å². The molecule has 0 fully saturated rings. The summed E-state index contributed by atoms with van der Waals surface area (Å²) in [4.78, 5) is 31.8. The summed E-state index contributed by atoms with van der Waals surface area (Å²) < 4.78 is 12.1. The van der Waals surface area contributed by atoms with E-state index in [1.54, 1.807) is 0 Å². The number of para-hydroxylation sites is 1. The number of rotatable bonds is 6. The first-order valence-electron chi connectivity index (χ1n) is 5.44. The van der Waals surface area contributed by atoms with Crippen molar-refractivity contribution in [2.24, 2.45) is 0 Å². The number of carboxylic acid groups (broad SMARTS) is 1. The van der Waals surface area contributed by atoms with Crippen LogP contribution in [0.4, 0.5) is 5.69 Å². The van der Waals surface area contributed by atoms with E-state index in [0.29, 0.717) is 0 Å². The summed E-state index contributed by atoms with van der Waals surface area (Å²) >= 11 is 0. The zero-order valence-corrected chi connectivity index (χ0v) is 11.3. The molecule has 1 rings (SSSR count). The molecule has 9 heteroatoms. The van der Waals surface area contributed by atoms with Crippen molar-refractivity contribution in [1.82, 2.24) is 5.32 Å². The summed E-state index contributed by atoms with van der Waals surface area (Å²) in [5, 5.41) is 21.8. The fourth-order valence-electron chi connectivity index (χ4n) is 1.46. The molecule has 0 aromatic heterocycles. The topological polar surface area (TPSA) is 127 Å². The summed E-state index contributed by atoms with van der Waals surface area (Å²) in [6.07, 6.45) is 0. The van der Waals surface area contributed by atoms with E-state index < -0.39 is 39.4 Å². The molecule has 108 valence electrons. The molecule has 1 amide bonds. The van der Waals surface area contributed by atoms with Gasteiger partial charge in [-0.25, -0.2) is 4.79 Å². The fraction of sp³-hybridized carbons (Fsp3) is 0.273. The fourth-order valence-corrected chi connectivity index (χ4v) is 2.78. The van der Waals surface area contributed by atoms with Crippen LogP contribution in [-0.2, 0) is 20.4 Å². The van der Waals surface area contributed by atoms with E-state index in [1.165, 1.54) is 24.3 Å². The van der Waals surface area contributed by atoms with Crippen LogP contribution in [0.3, 0.4) is 0 Å². The molecule has 2 atom stereocenters. The van der Waals surface area contributed by atoms with Gasteiger partial charge in [-0.15, -0.1) is 0 Å². The van der Waals surface area contributed by atoms with Gasteiger partial charge in [0, 0.05) is 13.0 Å². The molecule has 20 heavy (non-hydrogen) atoms. The van der Waals surface area contributed by atoms with Crippen LogP contribution in [0.15, 0.2) is 29.2 Å². The summed E-state index contributed by atoms with van der Waals surface area (Å²) in [5.41, 5.74) is -0.349. The predicted octanol–water partition coefficient (Wildman–Crippen LogP) is 0.292. The Hall–Kier alpha value is -2.29. The number of carboxylic acids is 1. The first-order chi connectivity index (χ1) is 9.32. The van der Waals surface area contributed by atoms with Gasteiger partial charge in [-0.2, -0.15) is 0 Å². The van der Waals surface area contributed by atoms with Crippen molar-refractivity contribution in [3.63, 3.8) is 0 Å². The summed E-state index contributed by atoms with van der Waals surface area (Å²) in [5.74, 6) is -2.39. The van der Waals surface area contributed by atoms with Crippen LogP contribution in [-0.4, -0.2) is 37.9 Å². The number of hydrogen-bond donors (Lipinski definition) is 2. The van der Waals surface area contributed by atoms with Crippen molar-refractivity contribution in [1.29, 1.82) is 0 Å². The van der Waals surface area contributed by atoms with Gasteiger partial charge in [0.2, 0.25) is 5.91 Å². The number of hydrogen-bond acceptors (Lipinski definition) is 5. The zero-order valence-electron chi connectivity index (χ0n) is 10.4. The van der Waals surface area contributed by atoms with Gasteiger partial charge in [0.15, 0.2) is 0 Å². The molecule has 0 bridgehead atoms. The van der Waals surface area contributed by atoms with Gasteiger partial charge in [0.05, 0.1) is 21.5 Å². The van der Waals surface area contributed by atoms with Gasteiger partial charge in [0.25, 0.3) is 5.69 Å². The van der Waals surface area contributed by atoms with E-state index in [4.69, 9.17) is 5.11 Å². The average Bonchev–Trinajstić information content (AvgIpc) is 2.37. The Bertz CT molecular complexity index is 574. The minimum Gasteiger partial charge on any atom is -0.480 e. The number of benzene rings is 1. The number of nitrogens with zero attached hydrogens (tertiary/aromatic N) is 1. The molecule has 0 saturated heterocycles. The molecule has 1 aromatic rings. The molecule has 0 saturated carbocycles. The molecule has 0 aliphatic carbocycles. The highest BCUT2D eigenvalue weighted by Crippen LogP contribution is 2.21. The molecular formula is C11H12N2O6S. The number of nitro groups is 1. The quantitative estimate of drug-likeness (QED) is 0.574. The minimum atomic E-state index is -1.92. The summed E-state index contributed by atoms with van der Waals surface area (Å²) in [7, 11) is -1.92. The Morgan fingerprint density at radius 3 is 2.55 bits per heavy atom. The van der Waals surface area contributed by atoms with Crippen LogP contribution in [0, 0.1) is 10.1 Å². The van der Waals surface area contributed by atoms with Crippen molar-refractivity contribution in [2.45, 2.75) is 17.9 Å². The average molecular weight is 300 g/mol. The molecule has 8 nitrogen and oxygen atoms in total. The molecule has 0 spiro atoms. The second-order valence-corrected chi connectivity index (χ2v) is 5.29. The third-order valence-corrected chi connectivity index (χ3v) is 3.77. The van der Waals surface area contributed by atoms with E-state index in [9.17, 15) is 23.9 Å². The van der Waals surface area contributed by atoms with Crippen LogP contribution >= 0.6 is 0 Å². The van der Waals surface area contributed by atoms with Gasteiger partial charge in [-0.3, -0.25) is 19.1 Å². The lowest BCUT2D eigenvalue weighted by Crippen LogP contribution is -2.43. The normalized spacial score (nSPS) is 13.2. The molecule has 2 N–H and O–H groups in total. The number of amides is 1. The lowest BCUT2D eigenvalue weighted by Gasteiger charge is -2.12. The highest BCUT2D eigenvalue weighted by molar-refractivity contribution is 7.85. The van der Waals surface area contributed by atoms with Crippen molar-refractivity contribution < 1.29 is 23.8 Å². The number of carbonyl (C=O) groups excluding carboxylic acids is 1. The van der Waals surface area contributed by atoms with E-state index in [-0.39, 0.29) is 10.6 Å². The molecule has 0 radical (unpaired) electrons. The molecule has 0 heterocycles. The van der Waals surface area contributed by atoms with Gasteiger partial charge >= 0.3 is 5.97 Å². The SMILES string of the molecule is CC(=O)NC(CS(=O)c1ccccc1[N+](=O)[O-])C(=O)O. The standard InChI is InChI=1S/C11H12N2O6S/c1-7(14)12-8(11(15)16)6-20(19)10-5-3-2-4-9(10)13(17)18/h2-5,8H,6H2,1H3,(H,12,14)(H,15,16). The van der Waals surface area contributed by atoms with Crippen molar-refractivity contribution in [2.75, 3.05) is 5.75 Å². The molecule has 2 unspecified atom stereocenters. The van der Waals surface area contributed by atoms with Crippen LogP contribution < -0.4 is 5.32 Å². The van der Waals surface area contributed by atoms with Gasteiger partial charge < -0.3 is 10.4 Å². The predicted molar refractivity (Wildman–Crippen MR) is 69.6 cm³/mol. The van der Waals surface area contributed by atoms with Crippen LogP contribution in [0.5, 0.6) is 0 Å². The third kappa shape index (κ3) is 4.12. The highest BCUT2D eigenvalue weighted by Gasteiger charge is 2.25. The lowest BCUT2D eigenvalue weighted by atomic mass is 10.3. The van der Waals surface area contributed by atoms with E-state index in [0.717, 1.165) is 6.92 Å². The number of aliphatic carboxylic acids is 1. The first-order valence-corrected chi connectivity index (χ1v) is 6.76. The largest absolute Gasteiger partial charge is 0.480 e.